The van der Waals surface area contributed by atoms with E-state index in [0.717, 1.165) is 42.5 Å². The van der Waals surface area contributed by atoms with Crippen molar-refractivity contribution in [3.63, 3.8) is 0 Å². The van der Waals surface area contributed by atoms with Gasteiger partial charge in [-0.15, -0.1) is 0 Å². The van der Waals surface area contributed by atoms with Gasteiger partial charge in [-0.25, -0.2) is 0 Å². The Balaban J connectivity index is 1.22. The minimum atomic E-state index is -0.0705. The Labute approximate surface area is 434 Å². The molecule has 13 rings (SSSR count). The number of para-hydroxylation sites is 1. The standard InChI is InChI=1S/C69H69BN2O/c1-42-35-46(65(2,3)4)27-29-55(42)71-57-40-51-50(67(7,8)32-33-68(51,9)10)39-54(57)70-53-28-30-60-62(48-38-49-52(41-61(48)73-60)69(11,12)34-31-66(49,5)6)64(53)72(56-26-20-19-25-47(56)44-23-17-14-18-24-44)59-37-45(36-58(71)63(59)70)43-21-15-13-16-22-43/h13-30,35-41H,31-34H2,1-12H3. The number of furan rings is 1. The first-order valence-electron chi connectivity index (χ1n) is 27.0. The molecule has 4 heteroatoms. The zero-order chi connectivity index (χ0) is 50.7. The maximum absolute atomic E-state index is 7.21. The summed E-state index contributed by atoms with van der Waals surface area (Å²) in [5, 5.41) is 2.38. The SMILES string of the molecule is Cc1cc(C(C)(C)C)ccc1N1c2cc3c(cc2B2c4ccc5oc6cc7c(cc6c5c4N(c4ccccc4-c4ccccc4)c4cc(-c5ccccc5)cc1c42)C(C)(C)CCC7(C)C)C(C)(C)CCC3(C)C. The normalized spacial score (nSPS) is 17.7. The van der Waals surface area contributed by atoms with Crippen molar-refractivity contribution in [3.8, 4) is 22.3 Å². The fraction of sp³-hybridized carbons (Fsp3) is 0.304. The first-order valence-corrected chi connectivity index (χ1v) is 27.0. The van der Waals surface area contributed by atoms with Crippen molar-refractivity contribution in [2.45, 2.75) is 136 Å². The molecule has 0 saturated carbocycles. The van der Waals surface area contributed by atoms with Crippen LogP contribution in [0.1, 0.15) is 135 Å². The Hall–Kier alpha value is -6.78. The molecule has 0 bridgehead atoms. The van der Waals surface area contributed by atoms with Crippen molar-refractivity contribution in [3.05, 3.63) is 185 Å². The number of anilines is 6. The molecule has 9 aromatic rings. The maximum Gasteiger partial charge on any atom is 0.252 e. The highest BCUT2D eigenvalue weighted by molar-refractivity contribution is 7.00. The summed E-state index contributed by atoms with van der Waals surface area (Å²) in [6.07, 6.45) is 4.59. The Kier molecular flexibility index (Phi) is 9.85. The Morgan fingerprint density at radius 3 is 1.64 bits per heavy atom. The van der Waals surface area contributed by atoms with Crippen LogP contribution in [0.4, 0.5) is 34.1 Å². The van der Waals surface area contributed by atoms with E-state index in [1.54, 1.807) is 0 Å². The van der Waals surface area contributed by atoms with E-state index in [9.17, 15) is 0 Å². The molecule has 0 unspecified atom stereocenters. The van der Waals surface area contributed by atoms with Gasteiger partial charge in [-0.2, -0.15) is 0 Å². The van der Waals surface area contributed by atoms with Crippen LogP contribution in [0.25, 0.3) is 44.2 Å². The molecular formula is C69H69BN2O. The van der Waals surface area contributed by atoms with Gasteiger partial charge in [-0.1, -0.05) is 179 Å². The minimum Gasteiger partial charge on any atom is -0.456 e. The van der Waals surface area contributed by atoms with Crippen LogP contribution in [0.3, 0.4) is 0 Å². The third-order valence-corrected chi connectivity index (χ3v) is 18.2. The lowest BCUT2D eigenvalue weighted by atomic mass is 9.33. The van der Waals surface area contributed by atoms with Crippen LogP contribution < -0.4 is 26.2 Å². The number of aryl methyl sites for hydroxylation is 1. The van der Waals surface area contributed by atoms with Crippen molar-refractivity contribution in [1.29, 1.82) is 0 Å². The highest BCUT2D eigenvalue weighted by Gasteiger charge is 2.48. The van der Waals surface area contributed by atoms with E-state index in [1.807, 2.05) is 0 Å². The van der Waals surface area contributed by atoms with Gasteiger partial charge in [-0.3, -0.25) is 0 Å². The molecular weight excluding hydrogens is 884 g/mol. The molecule has 0 radical (unpaired) electrons. The smallest absolute Gasteiger partial charge is 0.252 e. The highest BCUT2D eigenvalue weighted by Crippen LogP contribution is 2.55. The topological polar surface area (TPSA) is 19.6 Å². The summed E-state index contributed by atoms with van der Waals surface area (Å²) in [7, 11) is 0. The second kappa shape index (κ2) is 15.6. The van der Waals surface area contributed by atoms with Gasteiger partial charge in [0.2, 0.25) is 0 Å². The highest BCUT2D eigenvalue weighted by atomic mass is 16.3. The second-order valence-electron chi connectivity index (χ2n) is 25.9. The summed E-state index contributed by atoms with van der Waals surface area (Å²) in [5.74, 6) is 0. The lowest BCUT2D eigenvalue weighted by Gasteiger charge is -2.48. The van der Waals surface area contributed by atoms with Gasteiger partial charge < -0.3 is 14.2 Å². The number of hydrogen-bond acceptors (Lipinski definition) is 3. The summed E-state index contributed by atoms with van der Waals surface area (Å²) in [5.41, 5.74) is 26.5. The van der Waals surface area contributed by atoms with Crippen molar-refractivity contribution < 1.29 is 4.42 Å². The number of hydrogen-bond donors (Lipinski definition) is 0. The molecule has 0 N–H and O–H groups in total. The number of rotatable bonds is 4. The van der Waals surface area contributed by atoms with E-state index in [0.29, 0.717) is 0 Å². The quantitative estimate of drug-likeness (QED) is 0.164. The van der Waals surface area contributed by atoms with Gasteiger partial charge in [0, 0.05) is 33.7 Å². The zero-order valence-corrected chi connectivity index (χ0v) is 45.1. The third-order valence-electron chi connectivity index (χ3n) is 18.2. The van der Waals surface area contributed by atoms with Crippen LogP contribution in [0.15, 0.2) is 156 Å². The van der Waals surface area contributed by atoms with E-state index in [1.165, 1.54) is 111 Å². The van der Waals surface area contributed by atoms with Crippen LogP contribution in [0, 0.1) is 6.92 Å². The lowest BCUT2D eigenvalue weighted by molar-refractivity contribution is 0.332. The molecule has 2 aliphatic heterocycles. The average Bonchev–Trinajstić information content (AvgIpc) is 3.75. The summed E-state index contributed by atoms with van der Waals surface area (Å²) in [4.78, 5) is 5.33. The largest absolute Gasteiger partial charge is 0.456 e. The Morgan fingerprint density at radius 2 is 1.01 bits per heavy atom. The molecule has 0 fully saturated rings. The molecule has 1 aromatic heterocycles. The molecule has 73 heavy (non-hydrogen) atoms. The summed E-state index contributed by atoms with van der Waals surface area (Å²) >= 11 is 0. The Bertz CT molecular complexity index is 3750. The first kappa shape index (κ1) is 46.0. The molecule has 2 aliphatic carbocycles. The predicted octanol–water partition coefficient (Wildman–Crippen LogP) is 17.3. The fourth-order valence-corrected chi connectivity index (χ4v) is 13.7. The van der Waals surface area contributed by atoms with Gasteiger partial charge in [-0.05, 0) is 175 Å². The first-order chi connectivity index (χ1) is 34.7. The van der Waals surface area contributed by atoms with Gasteiger partial charge >= 0.3 is 0 Å². The maximum atomic E-state index is 7.21. The van der Waals surface area contributed by atoms with E-state index >= 15 is 0 Å². The lowest BCUT2D eigenvalue weighted by Crippen LogP contribution is -2.62. The third kappa shape index (κ3) is 6.91. The molecule has 0 saturated heterocycles. The van der Waals surface area contributed by atoms with Crippen molar-refractivity contribution in [2.75, 3.05) is 9.80 Å². The Morgan fingerprint density at radius 1 is 0.452 bits per heavy atom. The van der Waals surface area contributed by atoms with Crippen LogP contribution in [-0.4, -0.2) is 6.71 Å². The summed E-state index contributed by atoms with van der Waals surface area (Å²) < 4.78 is 7.21. The molecule has 8 aromatic carbocycles. The van der Waals surface area contributed by atoms with E-state index in [4.69, 9.17) is 4.42 Å². The molecule has 3 nitrogen and oxygen atoms in total. The van der Waals surface area contributed by atoms with Gasteiger partial charge in [0.05, 0.1) is 16.8 Å². The van der Waals surface area contributed by atoms with Gasteiger partial charge in [0.15, 0.2) is 0 Å². The van der Waals surface area contributed by atoms with Crippen LogP contribution in [0.2, 0.25) is 0 Å². The predicted molar refractivity (Wildman–Crippen MR) is 313 cm³/mol. The van der Waals surface area contributed by atoms with Gasteiger partial charge in [0.1, 0.15) is 11.2 Å². The molecule has 0 spiro atoms. The fourth-order valence-electron chi connectivity index (χ4n) is 13.7. The molecule has 4 aliphatic rings. The molecule has 0 atom stereocenters. The molecule has 364 valence electrons. The second-order valence-corrected chi connectivity index (χ2v) is 25.9. The van der Waals surface area contributed by atoms with Crippen LogP contribution in [-0.2, 0) is 27.1 Å². The van der Waals surface area contributed by atoms with E-state index < -0.39 is 0 Å². The monoisotopic (exact) mass is 953 g/mol. The molecule has 0 amide bonds. The van der Waals surface area contributed by atoms with Crippen LogP contribution >= 0.6 is 0 Å². The summed E-state index contributed by atoms with van der Waals surface area (Å²) in [6, 6.07) is 58.5. The number of nitrogens with zero attached hydrogens (tertiary/aromatic N) is 2. The van der Waals surface area contributed by atoms with Crippen molar-refractivity contribution >= 4 is 79.2 Å². The van der Waals surface area contributed by atoms with E-state index in [2.05, 4.69) is 245 Å². The number of benzene rings is 8. The minimum absolute atomic E-state index is 0.0117. The summed E-state index contributed by atoms with van der Waals surface area (Å²) in [6.45, 7) is 28.9. The van der Waals surface area contributed by atoms with Gasteiger partial charge in [0.25, 0.3) is 6.71 Å². The molecule has 3 heterocycles. The zero-order valence-electron chi connectivity index (χ0n) is 45.1. The number of fused-ring (bicyclic) bond motifs is 10. The van der Waals surface area contributed by atoms with E-state index in [-0.39, 0.29) is 33.8 Å². The van der Waals surface area contributed by atoms with Crippen LogP contribution in [0.5, 0.6) is 0 Å². The van der Waals surface area contributed by atoms with Crippen molar-refractivity contribution in [1.82, 2.24) is 0 Å². The average molecular weight is 953 g/mol. The van der Waals surface area contributed by atoms with Crippen molar-refractivity contribution in [2.24, 2.45) is 0 Å².